The number of H-pyrrole nitrogens is 2. The maximum absolute atomic E-state index is 4.24. The molecule has 6 aromatic rings. The van der Waals surface area contributed by atoms with Crippen LogP contribution in [0.1, 0.15) is 22.3 Å². The van der Waals surface area contributed by atoms with Crippen molar-refractivity contribution >= 4 is 21.8 Å². The summed E-state index contributed by atoms with van der Waals surface area (Å²) in [6, 6.07) is 13.2. The number of nitrogens with zero attached hydrogens (tertiary/aromatic N) is 7. The third-order valence-corrected chi connectivity index (χ3v) is 7.26. The summed E-state index contributed by atoms with van der Waals surface area (Å²) in [6.07, 6.45) is 13.1. The molecule has 9 nitrogen and oxygen atoms in total. The van der Waals surface area contributed by atoms with Gasteiger partial charge >= 0.3 is 0 Å². The zero-order chi connectivity index (χ0) is 25.2. The number of nitrogens with one attached hydrogen (secondary N) is 2. The zero-order valence-corrected chi connectivity index (χ0v) is 21.3. The largest absolute Gasteiger partial charge is 0.361 e. The maximum Gasteiger partial charge on any atom is 0.137 e. The lowest BCUT2D eigenvalue weighted by atomic mass is 10.1. The molecule has 0 bridgehead atoms. The van der Waals surface area contributed by atoms with Crippen molar-refractivity contribution in [3.8, 4) is 0 Å². The fourth-order valence-corrected chi connectivity index (χ4v) is 5.02. The van der Waals surface area contributed by atoms with Crippen molar-refractivity contribution in [1.29, 1.82) is 0 Å². The highest BCUT2D eigenvalue weighted by atomic mass is 15.3. The van der Waals surface area contributed by atoms with Gasteiger partial charge in [-0.25, -0.2) is 19.3 Å². The van der Waals surface area contributed by atoms with E-state index in [1.54, 1.807) is 25.3 Å². The molecule has 0 aliphatic carbocycles. The number of aromatic nitrogens is 8. The minimum Gasteiger partial charge on any atom is -0.361 e. The van der Waals surface area contributed by atoms with Crippen molar-refractivity contribution in [2.45, 2.75) is 25.9 Å². The van der Waals surface area contributed by atoms with Crippen molar-refractivity contribution in [2.24, 2.45) is 0 Å². The minimum atomic E-state index is 0.729. The quantitative estimate of drug-likeness (QED) is 0.284. The van der Waals surface area contributed by atoms with E-state index < -0.39 is 0 Å². The van der Waals surface area contributed by atoms with Gasteiger partial charge in [-0.05, 0) is 46.5 Å². The number of likely N-dealkylation sites (N-methyl/N-ethyl adjacent to an activating group) is 1. The molecule has 188 valence electrons. The molecule has 0 atom stereocenters. The second kappa shape index (κ2) is 9.67. The van der Waals surface area contributed by atoms with Crippen molar-refractivity contribution in [3.63, 3.8) is 0 Å². The third-order valence-electron chi connectivity index (χ3n) is 7.26. The highest BCUT2D eigenvalue weighted by molar-refractivity contribution is 5.84. The number of quaternary nitrogens is 1. The van der Waals surface area contributed by atoms with E-state index in [0.717, 1.165) is 43.5 Å². The van der Waals surface area contributed by atoms with Gasteiger partial charge in [-0.1, -0.05) is 12.1 Å². The van der Waals surface area contributed by atoms with Crippen LogP contribution in [0.2, 0.25) is 0 Å². The first kappa shape index (κ1) is 23.2. The molecule has 0 aliphatic rings. The molecule has 37 heavy (non-hydrogen) atoms. The van der Waals surface area contributed by atoms with Crippen molar-refractivity contribution in [2.75, 3.05) is 27.2 Å². The molecule has 4 heterocycles. The molecule has 0 unspecified atom stereocenters. The van der Waals surface area contributed by atoms with Gasteiger partial charge in [0.05, 0.1) is 40.3 Å². The summed E-state index contributed by atoms with van der Waals surface area (Å²) in [7, 11) is 4.66. The summed E-state index contributed by atoms with van der Waals surface area (Å²) >= 11 is 0. The standard InChI is InChI=1S/C28H32N9/c1-37(2,9-7-23-13-31-27-5-3-21(11-25(23)27)15-35-19-29-17-33-35)10-8-24-14-32-28-6-4-22(12-26(24)28)16-36-20-30-18-34-36/h3-6,11-14,17-20,31-32H,7-10,15-16H2,1-2H3/q+1. The lowest BCUT2D eigenvalue weighted by molar-refractivity contribution is -0.889. The van der Waals surface area contributed by atoms with Crippen LogP contribution in [0.15, 0.2) is 74.1 Å². The Morgan fingerprint density at radius 1 is 0.703 bits per heavy atom. The molecular formula is C28H32N9+. The number of benzene rings is 2. The Balaban J connectivity index is 1.11. The summed E-state index contributed by atoms with van der Waals surface area (Å²) in [5.41, 5.74) is 7.56. The second-order valence-electron chi connectivity index (χ2n) is 10.5. The Labute approximate surface area is 215 Å². The molecule has 0 saturated carbocycles. The molecule has 9 heteroatoms. The Kier molecular flexibility index (Phi) is 6.05. The molecule has 0 spiro atoms. The molecule has 0 saturated heterocycles. The predicted octanol–water partition coefficient (Wildman–Crippen LogP) is 3.79. The third kappa shape index (κ3) is 5.17. The van der Waals surface area contributed by atoms with Crippen LogP contribution < -0.4 is 0 Å². The van der Waals surface area contributed by atoms with E-state index >= 15 is 0 Å². The van der Waals surface area contributed by atoms with Gasteiger partial charge in [-0.2, -0.15) is 10.2 Å². The topological polar surface area (TPSA) is 93.0 Å². The molecule has 0 fully saturated rings. The summed E-state index contributed by atoms with van der Waals surface area (Å²) in [5.74, 6) is 0. The van der Waals surface area contributed by atoms with E-state index in [1.807, 2.05) is 9.36 Å². The van der Waals surface area contributed by atoms with Crippen LogP contribution in [-0.2, 0) is 25.9 Å². The van der Waals surface area contributed by atoms with Crippen LogP contribution in [0.4, 0.5) is 0 Å². The van der Waals surface area contributed by atoms with Crippen molar-refractivity contribution in [3.05, 3.63) is 96.4 Å². The Hall–Kier alpha value is -4.24. The average Bonchev–Trinajstić information content (AvgIpc) is 3.70. The minimum absolute atomic E-state index is 0.729. The lowest BCUT2D eigenvalue weighted by Gasteiger charge is -2.29. The normalized spacial score (nSPS) is 12.2. The fourth-order valence-electron chi connectivity index (χ4n) is 5.02. The number of hydrogen-bond acceptors (Lipinski definition) is 4. The van der Waals surface area contributed by atoms with Gasteiger partial charge in [0.1, 0.15) is 25.3 Å². The first-order chi connectivity index (χ1) is 18.0. The van der Waals surface area contributed by atoms with E-state index in [9.17, 15) is 0 Å². The summed E-state index contributed by atoms with van der Waals surface area (Å²) < 4.78 is 4.67. The SMILES string of the molecule is C[N+](C)(CCc1c[nH]c2ccc(Cn3cncn3)cc12)CCc1c[nH]c2ccc(Cn3cncn3)cc12. The predicted molar refractivity (Wildman–Crippen MR) is 144 cm³/mol. The molecule has 2 N–H and O–H groups in total. The molecule has 2 aromatic carbocycles. The summed E-state index contributed by atoms with van der Waals surface area (Å²) in [6.45, 7) is 3.60. The van der Waals surface area contributed by atoms with E-state index in [4.69, 9.17) is 0 Å². The van der Waals surface area contributed by atoms with Crippen molar-refractivity contribution in [1.82, 2.24) is 39.5 Å². The number of fused-ring (bicyclic) bond motifs is 2. The average molecular weight is 495 g/mol. The lowest BCUT2D eigenvalue weighted by Crippen LogP contribution is -2.42. The van der Waals surface area contributed by atoms with E-state index in [2.05, 4.69) is 93.0 Å². The highest BCUT2D eigenvalue weighted by Crippen LogP contribution is 2.24. The van der Waals surface area contributed by atoms with Crippen molar-refractivity contribution < 1.29 is 4.48 Å². The van der Waals surface area contributed by atoms with Gasteiger partial charge < -0.3 is 14.5 Å². The van der Waals surface area contributed by atoms with Gasteiger partial charge in [0.15, 0.2) is 0 Å². The number of aromatic amines is 2. The van der Waals surface area contributed by atoms with Crippen LogP contribution in [-0.4, -0.2) is 71.2 Å². The van der Waals surface area contributed by atoms with Crippen LogP contribution in [0.3, 0.4) is 0 Å². The molecule has 0 amide bonds. The van der Waals surface area contributed by atoms with Crippen LogP contribution in [0, 0.1) is 0 Å². The van der Waals surface area contributed by atoms with E-state index in [0.29, 0.717) is 0 Å². The first-order valence-electron chi connectivity index (χ1n) is 12.7. The number of rotatable bonds is 10. The van der Waals surface area contributed by atoms with Gasteiger partial charge in [0.25, 0.3) is 0 Å². The van der Waals surface area contributed by atoms with Crippen LogP contribution in [0.5, 0.6) is 0 Å². The Morgan fingerprint density at radius 3 is 1.62 bits per heavy atom. The molecule has 4 aromatic heterocycles. The maximum atomic E-state index is 4.24. The molecular weight excluding hydrogens is 462 g/mol. The van der Waals surface area contributed by atoms with Gasteiger partial charge in [-0.15, -0.1) is 0 Å². The highest BCUT2D eigenvalue weighted by Gasteiger charge is 2.18. The smallest absolute Gasteiger partial charge is 0.137 e. The Bertz CT molecular complexity index is 1480. The summed E-state index contributed by atoms with van der Waals surface area (Å²) in [4.78, 5) is 15.0. The first-order valence-corrected chi connectivity index (χ1v) is 12.7. The molecule has 0 radical (unpaired) electrons. The van der Waals surface area contributed by atoms with Gasteiger partial charge in [-0.3, -0.25) is 0 Å². The molecule has 0 aliphatic heterocycles. The summed E-state index contributed by atoms with van der Waals surface area (Å²) in [5, 5.41) is 11.1. The zero-order valence-electron chi connectivity index (χ0n) is 21.3. The van der Waals surface area contributed by atoms with Gasteiger partial charge in [0.2, 0.25) is 0 Å². The van der Waals surface area contributed by atoms with Crippen LogP contribution in [0.25, 0.3) is 21.8 Å². The number of hydrogen-bond donors (Lipinski definition) is 2. The molecule has 6 rings (SSSR count). The van der Waals surface area contributed by atoms with E-state index in [1.165, 1.54) is 44.1 Å². The fraction of sp³-hybridized carbons (Fsp3) is 0.286. The monoisotopic (exact) mass is 494 g/mol. The Morgan fingerprint density at radius 2 is 1.19 bits per heavy atom. The van der Waals surface area contributed by atoms with Crippen LogP contribution >= 0.6 is 0 Å². The van der Waals surface area contributed by atoms with Gasteiger partial charge in [0, 0.05) is 47.0 Å². The van der Waals surface area contributed by atoms with E-state index in [-0.39, 0.29) is 0 Å². The second-order valence-corrected chi connectivity index (χ2v) is 10.5.